The van der Waals surface area contributed by atoms with Gasteiger partial charge < -0.3 is 14.4 Å². The van der Waals surface area contributed by atoms with Crippen LogP contribution < -0.4 is 9.64 Å². The largest absolute Gasteiger partial charge is 0.463 e. The van der Waals surface area contributed by atoms with Gasteiger partial charge in [-0.15, -0.1) is 0 Å². The smallest absolute Gasteiger partial charge is 0.332 e. The van der Waals surface area contributed by atoms with Crippen molar-refractivity contribution in [2.24, 2.45) is 0 Å². The second-order valence-electron chi connectivity index (χ2n) is 4.47. The van der Waals surface area contributed by atoms with Gasteiger partial charge in [0, 0.05) is 13.1 Å². The van der Waals surface area contributed by atoms with Crippen molar-refractivity contribution in [1.82, 2.24) is 9.97 Å². The molecule has 110 valence electrons. The highest BCUT2D eigenvalue weighted by Crippen LogP contribution is 2.30. The van der Waals surface area contributed by atoms with E-state index in [-0.39, 0.29) is 11.7 Å². The highest BCUT2D eigenvalue weighted by Gasteiger charge is 2.27. The Labute approximate surface area is 116 Å². The van der Waals surface area contributed by atoms with Gasteiger partial charge in [-0.05, 0) is 13.3 Å². The first kappa shape index (κ1) is 14.4. The number of ether oxygens (including phenoxy) is 2. The third-order valence-corrected chi connectivity index (χ3v) is 2.95. The topological polar surface area (TPSA) is 90.6 Å². The predicted molar refractivity (Wildman–Crippen MR) is 72.2 cm³/mol. The minimum Gasteiger partial charge on any atom is -0.463 e. The summed E-state index contributed by atoms with van der Waals surface area (Å²) in [5.74, 6) is 0.317. The van der Waals surface area contributed by atoms with Gasteiger partial charge in [-0.25, -0.2) is 0 Å². The fraction of sp³-hybridized carbons (Fsp3) is 0.667. The summed E-state index contributed by atoms with van der Waals surface area (Å²) in [7, 11) is 0. The second-order valence-corrected chi connectivity index (χ2v) is 4.47. The Balaban J connectivity index is 2.38. The van der Waals surface area contributed by atoms with Gasteiger partial charge in [0.05, 0.1) is 24.7 Å². The van der Waals surface area contributed by atoms with Crippen LogP contribution in [0.25, 0.3) is 0 Å². The summed E-state index contributed by atoms with van der Waals surface area (Å²) in [5.41, 5.74) is 0.258. The number of hydrogen-bond acceptors (Lipinski definition) is 7. The first-order valence-electron chi connectivity index (χ1n) is 6.62. The predicted octanol–water partition coefficient (Wildman–Crippen LogP) is 1.32. The summed E-state index contributed by atoms with van der Waals surface area (Å²) < 4.78 is 10.7. The number of nitrogens with zero attached hydrogens (tertiary/aromatic N) is 4. The van der Waals surface area contributed by atoms with Crippen molar-refractivity contribution in [3.8, 4) is 6.01 Å². The van der Waals surface area contributed by atoms with Gasteiger partial charge in [-0.1, -0.05) is 6.92 Å². The maximum atomic E-state index is 11.2. The molecule has 2 heterocycles. The molecule has 0 bridgehead atoms. The van der Waals surface area contributed by atoms with Gasteiger partial charge in [0.2, 0.25) is 5.82 Å². The lowest BCUT2D eigenvalue weighted by atomic mass is 10.3. The molecule has 0 radical (unpaired) electrons. The first-order valence-corrected chi connectivity index (χ1v) is 6.62. The van der Waals surface area contributed by atoms with E-state index in [1.807, 2.05) is 11.8 Å². The van der Waals surface area contributed by atoms with Crippen LogP contribution >= 0.6 is 0 Å². The van der Waals surface area contributed by atoms with Crippen molar-refractivity contribution in [2.45, 2.75) is 20.3 Å². The monoisotopic (exact) mass is 282 g/mol. The van der Waals surface area contributed by atoms with Gasteiger partial charge in [0.25, 0.3) is 0 Å². The van der Waals surface area contributed by atoms with Gasteiger partial charge in [-0.2, -0.15) is 9.97 Å². The molecule has 0 N–H and O–H groups in total. The minimum atomic E-state index is -0.441. The lowest BCUT2D eigenvalue weighted by molar-refractivity contribution is -0.385. The fourth-order valence-electron chi connectivity index (χ4n) is 1.99. The molecular weight excluding hydrogens is 264 g/mol. The lowest BCUT2D eigenvalue weighted by Gasteiger charge is -2.27. The number of anilines is 1. The number of hydrogen-bond donors (Lipinski definition) is 0. The molecule has 0 amide bonds. The Hall–Kier alpha value is -1.96. The van der Waals surface area contributed by atoms with Crippen molar-refractivity contribution in [1.29, 1.82) is 0 Å². The van der Waals surface area contributed by atoms with E-state index < -0.39 is 4.92 Å². The molecule has 8 heteroatoms. The second kappa shape index (κ2) is 6.47. The Morgan fingerprint density at radius 1 is 1.40 bits per heavy atom. The zero-order valence-corrected chi connectivity index (χ0v) is 11.7. The van der Waals surface area contributed by atoms with Crippen LogP contribution in [0.15, 0.2) is 0 Å². The first-order chi connectivity index (χ1) is 9.63. The summed E-state index contributed by atoms with van der Waals surface area (Å²) >= 11 is 0. The lowest BCUT2D eigenvalue weighted by Crippen LogP contribution is -2.37. The van der Waals surface area contributed by atoms with Crippen molar-refractivity contribution in [3.63, 3.8) is 0 Å². The van der Waals surface area contributed by atoms with Crippen LogP contribution in [0.4, 0.5) is 11.5 Å². The van der Waals surface area contributed by atoms with E-state index in [2.05, 4.69) is 9.97 Å². The maximum Gasteiger partial charge on any atom is 0.332 e. The van der Waals surface area contributed by atoms with Crippen molar-refractivity contribution < 1.29 is 14.4 Å². The molecule has 1 fully saturated rings. The summed E-state index contributed by atoms with van der Waals surface area (Å²) in [6.07, 6.45) is 0.826. The van der Waals surface area contributed by atoms with Gasteiger partial charge in [0.15, 0.2) is 0 Å². The molecule has 1 aliphatic heterocycles. The minimum absolute atomic E-state index is 0.0595. The molecule has 1 aliphatic rings. The molecule has 1 saturated heterocycles. The summed E-state index contributed by atoms with van der Waals surface area (Å²) in [5, 5.41) is 11.2. The van der Waals surface area contributed by atoms with Gasteiger partial charge >= 0.3 is 11.7 Å². The van der Waals surface area contributed by atoms with E-state index in [1.165, 1.54) is 0 Å². The Morgan fingerprint density at radius 2 is 2.10 bits per heavy atom. The van der Waals surface area contributed by atoms with E-state index in [1.54, 1.807) is 6.92 Å². The SMILES string of the molecule is CCCOc1nc(C)c([N+](=O)[O-])c(N2CCOCC2)n1. The van der Waals surface area contributed by atoms with Gasteiger partial charge in [-0.3, -0.25) is 10.1 Å². The van der Waals surface area contributed by atoms with Crippen LogP contribution in [0.5, 0.6) is 6.01 Å². The van der Waals surface area contributed by atoms with E-state index in [4.69, 9.17) is 9.47 Å². The molecule has 0 unspecified atom stereocenters. The van der Waals surface area contributed by atoms with E-state index in [0.29, 0.717) is 44.4 Å². The maximum absolute atomic E-state index is 11.2. The van der Waals surface area contributed by atoms with Crippen LogP contribution in [0.1, 0.15) is 19.0 Å². The third-order valence-electron chi connectivity index (χ3n) is 2.95. The standard InChI is InChI=1S/C12H18N4O4/c1-3-6-20-12-13-9(2)10(16(17)18)11(14-12)15-4-7-19-8-5-15/h3-8H2,1-2H3. The molecule has 8 nitrogen and oxygen atoms in total. The summed E-state index contributed by atoms with van der Waals surface area (Å²) in [6.45, 7) is 6.27. The van der Waals surface area contributed by atoms with Crippen LogP contribution in [0, 0.1) is 17.0 Å². The van der Waals surface area contributed by atoms with Crippen molar-refractivity contribution in [2.75, 3.05) is 37.8 Å². The van der Waals surface area contributed by atoms with Crippen LogP contribution in [-0.4, -0.2) is 47.8 Å². The zero-order chi connectivity index (χ0) is 14.5. The number of rotatable bonds is 5. The molecule has 20 heavy (non-hydrogen) atoms. The number of aromatic nitrogens is 2. The average molecular weight is 282 g/mol. The summed E-state index contributed by atoms with van der Waals surface area (Å²) in [4.78, 5) is 20.9. The van der Waals surface area contributed by atoms with E-state index >= 15 is 0 Å². The number of morpholine rings is 1. The zero-order valence-electron chi connectivity index (χ0n) is 11.7. The molecule has 1 aromatic heterocycles. The molecule has 0 spiro atoms. The molecular formula is C12H18N4O4. The van der Waals surface area contributed by atoms with Crippen LogP contribution in [-0.2, 0) is 4.74 Å². The molecule has 0 aliphatic carbocycles. The normalized spacial score (nSPS) is 15.2. The molecule has 0 aromatic carbocycles. The number of nitro groups is 1. The van der Waals surface area contributed by atoms with E-state index in [0.717, 1.165) is 6.42 Å². The molecule has 1 aromatic rings. The third kappa shape index (κ3) is 3.13. The van der Waals surface area contributed by atoms with E-state index in [9.17, 15) is 10.1 Å². The average Bonchev–Trinajstić information content (AvgIpc) is 2.45. The quantitative estimate of drug-likeness (QED) is 0.594. The Bertz CT molecular complexity index is 489. The highest BCUT2D eigenvalue weighted by molar-refractivity contribution is 5.60. The summed E-state index contributed by atoms with van der Waals surface area (Å²) in [6, 6.07) is 0.191. The highest BCUT2D eigenvalue weighted by atomic mass is 16.6. The molecule has 0 atom stereocenters. The fourth-order valence-corrected chi connectivity index (χ4v) is 1.99. The molecule has 2 rings (SSSR count). The van der Waals surface area contributed by atoms with Gasteiger partial charge in [0.1, 0.15) is 5.69 Å². The van der Waals surface area contributed by atoms with Crippen molar-refractivity contribution in [3.05, 3.63) is 15.8 Å². The number of aryl methyl sites for hydroxylation is 1. The van der Waals surface area contributed by atoms with Crippen molar-refractivity contribution >= 4 is 11.5 Å². The van der Waals surface area contributed by atoms with Crippen LogP contribution in [0.3, 0.4) is 0 Å². The Kier molecular flexibility index (Phi) is 4.67. The Morgan fingerprint density at radius 3 is 2.70 bits per heavy atom. The van der Waals surface area contributed by atoms with Crippen LogP contribution in [0.2, 0.25) is 0 Å². The molecule has 0 saturated carbocycles.